The molecule has 2 aromatic rings. The van der Waals surface area contributed by atoms with E-state index < -0.39 is 0 Å². The van der Waals surface area contributed by atoms with E-state index in [1.54, 1.807) is 0 Å². The minimum Gasteiger partial charge on any atom is -0.343 e. The molecule has 0 spiro atoms. The molecule has 0 aliphatic carbocycles. The van der Waals surface area contributed by atoms with Crippen LogP contribution in [0.3, 0.4) is 0 Å². The molecule has 1 aromatic heterocycles. The predicted octanol–water partition coefficient (Wildman–Crippen LogP) is 2.96. The summed E-state index contributed by atoms with van der Waals surface area (Å²) >= 11 is 5.31. The van der Waals surface area contributed by atoms with Gasteiger partial charge >= 0.3 is 0 Å². The largest absolute Gasteiger partial charge is 0.343 e. The van der Waals surface area contributed by atoms with Gasteiger partial charge in [-0.15, -0.1) is 0 Å². The van der Waals surface area contributed by atoms with E-state index in [4.69, 9.17) is 12.2 Å². The third-order valence-corrected chi connectivity index (χ3v) is 3.67. The molecule has 0 radical (unpaired) electrons. The summed E-state index contributed by atoms with van der Waals surface area (Å²) in [6.45, 7) is 6.14. The summed E-state index contributed by atoms with van der Waals surface area (Å²) in [7, 11) is 0. The predicted molar refractivity (Wildman–Crippen MR) is 79.7 cm³/mol. The van der Waals surface area contributed by atoms with Crippen LogP contribution in [0.15, 0.2) is 24.3 Å². The molecular formula is C14H19N3OS. The lowest BCUT2D eigenvalue weighted by Crippen LogP contribution is -2.31. The molecule has 1 heterocycles. The quantitative estimate of drug-likeness (QED) is 0.854. The number of carbonyl (C=O) groups is 1. The first-order chi connectivity index (χ1) is 9.17. The summed E-state index contributed by atoms with van der Waals surface area (Å²) < 4.78 is 2.67. The molecule has 0 saturated heterocycles. The van der Waals surface area contributed by atoms with Crippen molar-refractivity contribution in [2.24, 2.45) is 0 Å². The number of fused-ring (bicyclic) bond motifs is 1. The van der Waals surface area contributed by atoms with Gasteiger partial charge in [0.25, 0.3) is 0 Å². The fourth-order valence-corrected chi connectivity index (χ4v) is 2.57. The monoisotopic (exact) mass is 277 g/mol. The average molecular weight is 277 g/mol. The lowest BCUT2D eigenvalue weighted by Gasteiger charge is -2.18. The van der Waals surface area contributed by atoms with Crippen LogP contribution in [-0.2, 0) is 11.3 Å². The van der Waals surface area contributed by atoms with Crippen molar-refractivity contribution in [1.82, 2.24) is 14.5 Å². The summed E-state index contributed by atoms with van der Waals surface area (Å²) in [4.78, 5) is 17.0. The first kappa shape index (κ1) is 13.8. The Labute approximate surface area is 118 Å². The Morgan fingerprint density at radius 1 is 1.32 bits per heavy atom. The summed E-state index contributed by atoms with van der Waals surface area (Å²) in [5.41, 5.74) is 2.07. The Morgan fingerprint density at radius 2 is 2.00 bits per heavy atom. The van der Waals surface area contributed by atoms with E-state index >= 15 is 0 Å². The molecule has 4 nitrogen and oxygen atoms in total. The van der Waals surface area contributed by atoms with Crippen LogP contribution in [-0.4, -0.2) is 33.4 Å². The Hall–Kier alpha value is -1.62. The average Bonchev–Trinajstić information content (AvgIpc) is 2.73. The van der Waals surface area contributed by atoms with E-state index in [2.05, 4.69) is 4.98 Å². The lowest BCUT2D eigenvalue weighted by atomic mass is 10.3. The van der Waals surface area contributed by atoms with Gasteiger partial charge in [-0.2, -0.15) is 0 Å². The van der Waals surface area contributed by atoms with Crippen LogP contribution in [0.1, 0.15) is 20.3 Å². The van der Waals surface area contributed by atoms with Crippen LogP contribution in [0.2, 0.25) is 0 Å². The zero-order valence-electron chi connectivity index (χ0n) is 11.3. The Balaban J connectivity index is 2.16. The zero-order chi connectivity index (χ0) is 13.8. The molecule has 0 aliphatic heterocycles. The number of hydrogen-bond acceptors (Lipinski definition) is 2. The smallest absolute Gasteiger partial charge is 0.224 e. The van der Waals surface area contributed by atoms with Crippen molar-refractivity contribution < 1.29 is 4.79 Å². The van der Waals surface area contributed by atoms with Crippen LogP contribution in [0.5, 0.6) is 0 Å². The third-order valence-electron chi connectivity index (χ3n) is 3.35. The molecule has 102 valence electrons. The molecule has 0 saturated carbocycles. The maximum absolute atomic E-state index is 12.0. The molecule has 1 amide bonds. The van der Waals surface area contributed by atoms with Gasteiger partial charge in [-0.05, 0) is 38.2 Å². The number of hydrogen-bond donors (Lipinski definition) is 1. The number of aromatic nitrogens is 2. The van der Waals surface area contributed by atoms with Gasteiger partial charge in [0.2, 0.25) is 5.91 Å². The maximum atomic E-state index is 12.0. The molecule has 0 atom stereocenters. The SMILES string of the molecule is CCN(CC)C(=O)CCn1c(=S)[nH]c2ccccc21. The fraction of sp³-hybridized carbons (Fsp3) is 0.429. The number of nitrogens with one attached hydrogen (secondary N) is 1. The van der Waals surface area contributed by atoms with Gasteiger partial charge in [0, 0.05) is 26.1 Å². The van der Waals surface area contributed by atoms with Crippen molar-refractivity contribution in [1.29, 1.82) is 0 Å². The molecule has 0 aliphatic rings. The normalized spacial score (nSPS) is 10.8. The summed E-state index contributed by atoms with van der Waals surface area (Å²) in [6.07, 6.45) is 0.484. The second-order valence-corrected chi connectivity index (χ2v) is 4.80. The van der Waals surface area contributed by atoms with E-state index in [-0.39, 0.29) is 5.91 Å². The molecular weight excluding hydrogens is 258 g/mol. The molecule has 19 heavy (non-hydrogen) atoms. The summed E-state index contributed by atoms with van der Waals surface area (Å²) in [5.74, 6) is 0.178. The first-order valence-electron chi connectivity index (χ1n) is 6.62. The Kier molecular flexibility index (Phi) is 4.37. The van der Waals surface area contributed by atoms with Gasteiger partial charge in [0.15, 0.2) is 4.77 Å². The standard InChI is InChI=1S/C14H19N3OS/c1-3-16(4-2)13(18)9-10-17-12-8-6-5-7-11(12)15-14(17)19/h5-8H,3-4,9-10H2,1-2H3,(H,15,19). The van der Waals surface area contributed by atoms with Crippen molar-refractivity contribution in [3.63, 3.8) is 0 Å². The first-order valence-corrected chi connectivity index (χ1v) is 7.03. The van der Waals surface area contributed by atoms with Gasteiger partial charge in [0.05, 0.1) is 11.0 Å². The number of para-hydroxylation sites is 2. The Morgan fingerprint density at radius 3 is 2.68 bits per heavy atom. The number of aromatic amines is 1. The van der Waals surface area contributed by atoms with E-state index in [9.17, 15) is 4.79 Å². The number of carbonyl (C=O) groups excluding carboxylic acids is 1. The molecule has 5 heteroatoms. The maximum Gasteiger partial charge on any atom is 0.224 e. The topological polar surface area (TPSA) is 41.0 Å². The van der Waals surface area contributed by atoms with Crippen molar-refractivity contribution in [3.8, 4) is 0 Å². The highest BCUT2D eigenvalue weighted by atomic mass is 32.1. The van der Waals surface area contributed by atoms with E-state index in [1.807, 2.05) is 47.6 Å². The van der Waals surface area contributed by atoms with Gasteiger partial charge in [0.1, 0.15) is 0 Å². The zero-order valence-corrected chi connectivity index (χ0v) is 12.2. The van der Waals surface area contributed by atoms with Crippen LogP contribution < -0.4 is 0 Å². The number of amides is 1. The highest BCUT2D eigenvalue weighted by Crippen LogP contribution is 2.14. The molecule has 0 unspecified atom stereocenters. The second-order valence-electron chi connectivity index (χ2n) is 4.41. The third kappa shape index (κ3) is 2.87. The van der Waals surface area contributed by atoms with Crippen LogP contribution in [0, 0.1) is 4.77 Å². The van der Waals surface area contributed by atoms with Gasteiger partial charge in [-0.3, -0.25) is 4.79 Å². The van der Waals surface area contributed by atoms with E-state index in [0.717, 1.165) is 24.1 Å². The van der Waals surface area contributed by atoms with Crippen molar-refractivity contribution in [2.45, 2.75) is 26.8 Å². The number of benzene rings is 1. The second kappa shape index (κ2) is 6.02. The molecule has 0 bridgehead atoms. The van der Waals surface area contributed by atoms with Crippen LogP contribution >= 0.6 is 12.2 Å². The molecule has 0 fully saturated rings. The van der Waals surface area contributed by atoms with Crippen LogP contribution in [0.4, 0.5) is 0 Å². The van der Waals surface area contributed by atoms with E-state index in [0.29, 0.717) is 17.7 Å². The lowest BCUT2D eigenvalue weighted by molar-refractivity contribution is -0.131. The van der Waals surface area contributed by atoms with Crippen molar-refractivity contribution >= 4 is 29.2 Å². The number of aryl methyl sites for hydroxylation is 1. The molecule has 2 rings (SSSR count). The Bertz CT molecular complexity index is 625. The highest BCUT2D eigenvalue weighted by molar-refractivity contribution is 7.71. The number of rotatable bonds is 5. The van der Waals surface area contributed by atoms with Crippen LogP contribution in [0.25, 0.3) is 11.0 Å². The van der Waals surface area contributed by atoms with Crippen molar-refractivity contribution in [3.05, 3.63) is 29.0 Å². The number of H-pyrrole nitrogens is 1. The highest BCUT2D eigenvalue weighted by Gasteiger charge is 2.11. The summed E-state index contributed by atoms with van der Waals surface area (Å²) in [6, 6.07) is 7.96. The van der Waals surface area contributed by atoms with Gasteiger partial charge in [-0.1, -0.05) is 12.1 Å². The van der Waals surface area contributed by atoms with E-state index in [1.165, 1.54) is 0 Å². The van der Waals surface area contributed by atoms with Crippen molar-refractivity contribution in [2.75, 3.05) is 13.1 Å². The number of imidazole rings is 1. The number of nitrogens with zero attached hydrogens (tertiary/aromatic N) is 2. The summed E-state index contributed by atoms with van der Waals surface area (Å²) in [5, 5.41) is 0. The minimum absolute atomic E-state index is 0.178. The van der Waals surface area contributed by atoms with Gasteiger partial charge in [-0.25, -0.2) is 0 Å². The molecule has 1 aromatic carbocycles. The van der Waals surface area contributed by atoms with Gasteiger partial charge < -0.3 is 14.5 Å². The minimum atomic E-state index is 0.178. The molecule has 1 N–H and O–H groups in total. The fourth-order valence-electron chi connectivity index (χ4n) is 2.27.